The van der Waals surface area contributed by atoms with Gasteiger partial charge in [0.1, 0.15) is 11.5 Å². The molecule has 118 valence electrons. The van der Waals surface area contributed by atoms with Crippen molar-refractivity contribution in [2.45, 2.75) is 19.3 Å². The predicted molar refractivity (Wildman–Crippen MR) is 83.1 cm³/mol. The average Bonchev–Trinajstić information content (AvgIpc) is 2.94. The molecule has 0 aliphatic carbocycles. The minimum Gasteiger partial charge on any atom is -0.326 e. The fourth-order valence-corrected chi connectivity index (χ4v) is 3.11. The largest absolute Gasteiger partial charge is 0.326 e. The van der Waals surface area contributed by atoms with Gasteiger partial charge < -0.3 is 10.6 Å². The van der Waals surface area contributed by atoms with Crippen LogP contribution in [0.15, 0.2) is 23.6 Å². The molecule has 0 radical (unpaired) electrons. The van der Waals surface area contributed by atoms with Gasteiger partial charge in [-0.3, -0.25) is 14.4 Å². The van der Waals surface area contributed by atoms with Gasteiger partial charge in [0.25, 0.3) is 0 Å². The van der Waals surface area contributed by atoms with Gasteiger partial charge >= 0.3 is 0 Å². The van der Waals surface area contributed by atoms with Crippen LogP contribution >= 0.6 is 11.3 Å². The molecule has 1 aromatic heterocycles. The number of halogens is 1. The lowest BCUT2D eigenvalue weighted by atomic mass is 9.90. The number of amides is 2. The topological polar surface area (TPSA) is 88.2 Å². The van der Waals surface area contributed by atoms with Crippen LogP contribution in [-0.2, 0) is 9.59 Å². The summed E-state index contributed by atoms with van der Waals surface area (Å²) in [5, 5.41) is 6.99. The van der Waals surface area contributed by atoms with Crippen molar-refractivity contribution in [2.24, 2.45) is 0 Å². The second-order valence-corrected chi connectivity index (χ2v) is 5.98. The Hall–Kier alpha value is -2.61. The molecule has 6 nitrogen and oxygen atoms in total. The molecule has 0 bridgehead atoms. The summed E-state index contributed by atoms with van der Waals surface area (Å²) < 4.78 is 13.3. The highest BCUT2D eigenvalue weighted by atomic mass is 32.1. The average molecular weight is 333 g/mol. The Labute approximate surface area is 134 Å². The summed E-state index contributed by atoms with van der Waals surface area (Å²) in [6, 6.07) is 3.91. The van der Waals surface area contributed by atoms with Crippen molar-refractivity contribution in [1.29, 1.82) is 0 Å². The third-order valence-corrected chi connectivity index (χ3v) is 4.22. The zero-order chi connectivity index (χ0) is 16.6. The predicted octanol–water partition coefficient (Wildman–Crippen LogP) is 2.55. The highest BCUT2D eigenvalue weighted by molar-refractivity contribution is 7.14. The zero-order valence-electron chi connectivity index (χ0n) is 12.1. The smallest absolute Gasteiger partial charge is 0.234 e. The highest BCUT2D eigenvalue weighted by Gasteiger charge is 2.31. The summed E-state index contributed by atoms with van der Waals surface area (Å²) in [4.78, 5) is 39.4. The first-order chi connectivity index (χ1) is 10.9. The number of aromatic nitrogens is 1. The molecule has 1 atom stereocenters. The van der Waals surface area contributed by atoms with Crippen LogP contribution in [0.5, 0.6) is 0 Å². The van der Waals surface area contributed by atoms with Crippen LogP contribution in [-0.4, -0.2) is 22.6 Å². The molecular formula is C15H12FN3O3S. The maximum atomic E-state index is 13.3. The number of benzene rings is 1. The Morgan fingerprint density at radius 1 is 1.43 bits per heavy atom. The molecule has 0 saturated heterocycles. The number of hydrogen-bond acceptors (Lipinski definition) is 5. The molecule has 0 saturated carbocycles. The standard InChI is InChI=1S/C15H12FN3O3S/c1-7(20)12-6-23-15(18-12)19-14(22)10-5-13(21)17-11-4-8(16)2-3-9(10)11/h2-4,6,10H,5H2,1H3,(H,17,21)(H,18,19,22). The number of carbonyl (C=O) groups is 3. The van der Waals surface area contributed by atoms with Gasteiger partial charge in [0, 0.05) is 24.4 Å². The number of anilines is 2. The molecule has 1 aromatic carbocycles. The number of Topliss-reactive ketones (excluding diaryl/α,β-unsaturated/α-hetero) is 1. The molecule has 3 rings (SSSR count). The monoisotopic (exact) mass is 333 g/mol. The van der Waals surface area contributed by atoms with Crippen LogP contribution < -0.4 is 10.6 Å². The number of thiazole rings is 1. The Morgan fingerprint density at radius 2 is 2.22 bits per heavy atom. The van der Waals surface area contributed by atoms with Crippen LogP contribution in [0.4, 0.5) is 15.2 Å². The van der Waals surface area contributed by atoms with Crippen LogP contribution in [0.1, 0.15) is 35.3 Å². The molecule has 1 aliphatic heterocycles. The quantitative estimate of drug-likeness (QED) is 0.845. The van der Waals surface area contributed by atoms with E-state index in [0.29, 0.717) is 11.3 Å². The van der Waals surface area contributed by atoms with E-state index in [-0.39, 0.29) is 28.9 Å². The molecule has 2 aromatic rings. The fraction of sp³-hybridized carbons (Fsp3) is 0.200. The molecule has 2 amide bonds. The Bertz CT molecular complexity index is 818. The normalized spacial score (nSPS) is 16.4. The number of rotatable bonds is 3. The lowest BCUT2D eigenvalue weighted by molar-refractivity contribution is -0.123. The molecule has 0 fully saturated rings. The summed E-state index contributed by atoms with van der Waals surface area (Å²) in [6.45, 7) is 1.39. The molecule has 8 heteroatoms. The van der Waals surface area contributed by atoms with Gasteiger partial charge in [-0.2, -0.15) is 0 Å². The van der Waals surface area contributed by atoms with Gasteiger partial charge in [-0.15, -0.1) is 11.3 Å². The Balaban J connectivity index is 1.84. The minimum atomic E-state index is -0.732. The zero-order valence-corrected chi connectivity index (χ0v) is 12.9. The van der Waals surface area contributed by atoms with E-state index in [4.69, 9.17) is 0 Å². The van der Waals surface area contributed by atoms with E-state index in [1.807, 2.05) is 0 Å². The lowest BCUT2D eigenvalue weighted by Crippen LogP contribution is -2.30. The molecule has 1 aliphatic rings. The van der Waals surface area contributed by atoms with Crippen LogP contribution in [0.2, 0.25) is 0 Å². The number of carbonyl (C=O) groups excluding carboxylic acids is 3. The molecule has 2 heterocycles. The first-order valence-electron chi connectivity index (χ1n) is 6.80. The van der Waals surface area contributed by atoms with Crippen molar-refractivity contribution in [3.8, 4) is 0 Å². The molecular weight excluding hydrogens is 321 g/mol. The fourth-order valence-electron chi connectivity index (χ4n) is 2.36. The van der Waals surface area contributed by atoms with E-state index in [9.17, 15) is 18.8 Å². The van der Waals surface area contributed by atoms with Crippen molar-refractivity contribution >= 4 is 39.8 Å². The van der Waals surface area contributed by atoms with Gasteiger partial charge in [-0.05, 0) is 17.7 Å². The number of fused-ring (bicyclic) bond motifs is 1. The molecule has 2 N–H and O–H groups in total. The maximum absolute atomic E-state index is 13.3. The highest BCUT2D eigenvalue weighted by Crippen LogP contribution is 2.33. The van der Waals surface area contributed by atoms with Crippen LogP contribution in [0.3, 0.4) is 0 Å². The SMILES string of the molecule is CC(=O)c1csc(NC(=O)C2CC(=O)Nc3cc(F)ccc32)n1. The molecule has 0 spiro atoms. The summed E-state index contributed by atoms with van der Waals surface area (Å²) in [6.07, 6.45) is -0.0323. The number of nitrogens with one attached hydrogen (secondary N) is 2. The Kier molecular flexibility index (Phi) is 3.91. The second-order valence-electron chi connectivity index (χ2n) is 5.12. The number of nitrogens with zero attached hydrogens (tertiary/aromatic N) is 1. The third kappa shape index (κ3) is 3.11. The van der Waals surface area contributed by atoms with E-state index in [0.717, 1.165) is 11.3 Å². The van der Waals surface area contributed by atoms with Gasteiger partial charge in [0.05, 0.1) is 5.92 Å². The van der Waals surface area contributed by atoms with Crippen molar-refractivity contribution in [2.75, 3.05) is 10.6 Å². The summed E-state index contributed by atoms with van der Waals surface area (Å²) in [7, 11) is 0. The maximum Gasteiger partial charge on any atom is 0.234 e. The van der Waals surface area contributed by atoms with Gasteiger partial charge in [0.2, 0.25) is 11.8 Å². The first kappa shape index (κ1) is 15.3. The van der Waals surface area contributed by atoms with E-state index in [1.54, 1.807) is 5.38 Å². The van der Waals surface area contributed by atoms with E-state index in [1.165, 1.54) is 25.1 Å². The second kappa shape index (κ2) is 5.88. The first-order valence-corrected chi connectivity index (χ1v) is 7.68. The number of hydrogen-bond donors (Lipinski definition) is 2. The summed E-state index contributed by atoms with van der Waals surface area (Å²) in [5.74, 6) is -2.19. The van der Waals surface area contributed by atoms with Crippen molar-refractivity contribution in [3.05, 3.63) is 40.7 Å². The van der Waals surface area contributed by atoms with Gasteiger partial charge in [-0.1, -0.05) is 6.07 Å². The lowest BCUT2D eigenvalue weighted by Gasteiger charge is -2.24. The van der Waals surface area contributed by atoms with Gasteiger partial charge in [-0.25, -0.2) is 9.37 Å². The van der Waals surface area contributed by atoms with Crippen LogP contribution in [0.25, 0.3) is 0 Å². The van der Waals surface area contributed by atoms with Crippen LogP contribution in [0, 0.1) is 5.82 Å². The van der Waals surface area contributed by atoms with E-state index < -0.39 is 17.6 Å². The minimum absolute atomic E-state index is 0.0323. The number of ketones is 1. The molecule has 1 unspecified atom stereocenters. The molecule has 23 heavy (non-hydrogen) atoms. The van der Waals surface area contributed by atoms with Gasteiger partial charge in [0.15, 0.2) is 10.9 Å². The summed E-state index contributed by atoms with van der Waals surface area (Å²) in [5.41, 5.74) is 1.12. The van der Waals surface area contributed by atoms with E-state index >= 15 is 0 Å². The Morgan fingerprint density at radius 3 is 2.91 bits per heavy atom. The van der Waals surface area contributed by atoms with E-state index in [2.05, 4.69) is 15.6 Å². The van der Waals surface area contributed by atoms with Crippen molar-refractivity contribution in [3.63, 3.8) is 0 Å². The van der Waals surface area contributed by atoms with Crippen molar-refractivity contribution < 1.29 is 18.8 Å². The van der Waals surface area contributed by atoms with Crippen molar-refractivity contribution in [1.82, 2.24) is 4.98 Å². The summed E-state index contributed by atoms with van der Waals surface area (Å²) >= 11 is 1.13. The third-order valence-electron chi connectivity index (χ3n) is 3.47.